The zero-order valence-electron chi connectivity index (χ0n) is 15.9. The maximum absolute atomic E-state index is 5.23. The van der Waals surface area contributed by atoms with Crippen molar-refractivity contribution in [3.8, 4) is 19.5 Å². The predicted molar refractivity (Wildman–Crippen MR) is 132 cm³/mol. The SMILES string of the molecule is c1csc(-c2sc(-c3cccs3)c3nc4c5cccnc5c5ncccc5c4nc23)c1. The minimum Gasteiger partial charge on any atom is -0.254 e. The van der Waals surface area contributed by atoms with Crippen molar-refractivity contribution in [1.82, 2.24) is 19.9 Å². The normalized spacial score (nSPS) is 11.9. The van der Waals surface area contributed by atoms with Gasteiger partial charge in [0.1, 0.15) is 11.0 Å². The van der Waals surface area contributed by atoms with Gasteiger partial charge in [-0.15, -0.1) is 34.0 Å². The largest absolute Gasteiger partial charge is 0.254 e. The summed E-state index contributed by atoms with van der Waals surface area (Å²) in [4.78, 5) is 24.5. The molecule has 31 heavy (non-hydrogen) atoms. The first-order valence-electron chi connectivity index (χ1n) is 9.72. The van der Waals surface area contributed by atoms with Gasteiger partial charge in [0.05, 0.1) is 31.8 Å². The molecular weight excluding hydrogens is 440 g/mol. The third-order valence-electron chi connectivity index (χ3n) is 5.37. The Morgan fingerprint density at radius 2 is 1.03 bits per heavy atom. The van der Waals surface area contributed by atoms with Gasteiger partial charge >= 0.3 is 0 Å². The van der Waals surface area contributed by atoms with Gasteiger partial charge in [-0.05, 0) is 47.2 Å². The Hall–Kier alpha value is -3.26. The zero-order valence-corrected chi connectivity index (χ0v) is 18.4. The van der Waals surface area contributed by atoms with Gasteiger partial charge in [0, 0.05) is 32.9 Å². The van der Waals surface area contributed by atoms with Crippen molar-refractivity contribution in [2.24, 2.45) is 0 Å². The van der Waals surface area contributed by atoms with E-state index in [1.165, 1.54) is 19.5 Å². The molecule has 0 saturated carbocycles. The first kappa shape index (κ1) is 17.4. The third kappa shape index (κ3) is 2.51. The number of thiophene rings is 3. The molecule has 0 aliphatic carbocycles. The van der Waals surface area contributed by atoms with Gasteiger partial charge in [0.25, 0.3) is 0 Å². The fourth-order valence-electron chi connectivity index (χ4n) is 4.05. The van der Waals surface area contributed by atoms with Crippen molar-refractivity contribution in [2.45, 2.75) is 0 Å². The van der Waals surface area contributed by atoms with E-state index in [4.69, 9.17) is 9.97 Å². The maximum atomic E-state index is 5.23. The molecular formula is C24H12N4S3. The molecule has 7 rings (SSSR count). The first-order chi connectivity index (χ1) is 15.4. The van der Waals surface area contributed by atoms with E-state index in [1.807, 2.05) is 24.5 Å². The van der Waals surface area contributed by atoms with Crippen LogP contribution in [0.1, 0.15) is 0 Å². The molecule has 0 aliphatic rings. The number of aromatic nitrogens is 4. The summed E-state index contributed by atoms with van der Waals surface area (Å²) < 4.78 is 0. The van der Waals surface area contributed by atoms with Crippen LogP contribution in [0.4, 0.5) is 0 Å². The molecule has 0 N–H and O–H groups in total. The summed E-state index contributed by atoms with van der Waals surface area (Å²) in [6, 6.07) is 16.5. The number of pyridine rings is 2. The Morgan fingerprint density at radius 1 is 0.516 bits per heavy atom. The number of hydrogen-bond acceptors (Lipinski definition) is 7. The lowest BCUT2D eigenvalue weighted by Crippen LogP contribution is -1.93. The highest BCUT2D eigenvalue weighted by molar-refractivity contribution is 7.27. The zero-order chi connectivity index (χ0) is 20.4. The molecule has 6 aromatic heterocycles. The van der Waals surface area contributed by atoms with Gasteiger partial charge in [0.2, 0.25) is 0 Å². The standard InChI is InChI=1S/C24H12N4S3/c1-5-13-17(25-9-1)18-14(6-2-10-26-18)20-19(13)27-21-22(28-20)24(16-8-4-12-30-16)31-23(21)15-7-3-11-29-15/h1-12H. The summed E-state index contributed by atoms with van der Waals surface area (Å²) in [6.07, 6.45) is 3.62. The van der Waals surface area contributed by atoms with Gasteiger partial charge in [-0.2, -0.15) is 0 Å². The van der Waals surface area contributed by atoms with Crippen molar-refractivity contribution in [3.05, 3.63) is 71.7 Å². The van der Waals surface area contributed by atoms with Crippen molar-refractivity contribution in [3.63, 3.8) is 0 Å². The predicted octanol–water partition coefficient (Wildman–Crippen LogP) is 7.40. The summed E-state index contributed by atoms with van der Waals surface area (Å²) in [5.41, 5.74) is 5.40. The van der Waals surface area contributed by atoms with Gasteiger partial charge in [0.15, 0.2) is 0 Å². The number of hydrogen-bond donors (Lipinski definition) is 0. The van der Waals surface area contributed by atoms with E-state index in [-0.39, 0.29) is 0 Å². The van der Waals surface area contributed by atoms with E-state index < -0.39 is 0 Å². The quantitative estimate of drug-likeness (QED) is 0.256. The van der Waals surface area contributed by atoms with Gasteiger partial charge in [-0.1, -0.05) is 12.1 Å². The smallest absolute Gasteiger partial charge is 0.110 e. The van der Waals surface area contributed by atoms with Crippen LogP contribution < -0.4 is 0 Å². The highest BCUT2D eigenvalue weighted by Crippen LogP contribution is 2.46. The van der Waals surface area contributed by atoms with Gasteiger partial charge in [-0.25, -0.2) is 9.97 Å². The minimum atomic E-state index is 0.866. The second-order valence-electron chi connectivity index (χ2n) is 7.13. The molecule has 4 nitrogen and oxygen atoms in total. The van der Waals surface area contributed by atoms with Crippen molar-refractivity contribution in [1.29, 1.82) is 0 Å². The van der Waals surface area contributed by atoms with E-state index >= 15 is 0 Å². The second kappa shape index (κ2) is 6.62. The molecule has 0 saturated heterocycles. The highest BCUT2D eigenvalue weighted by Gasteiger charge is 2.21. The van der Waals surface area contributed by atoms with Crippen LogP contribution in [0.5, 0.6) is 0 Å². The molecule has 0 unspecified atom stereocenters. The van der Waals surface area contributed by atoms with Crippen LogP contribution in [0.2, 0.25) is 0 Å². The van der Waals surface area contributed by atoms with Crippen LogP contribution in [0.25, 0.3) is 63.4 Å². The van der Waals surface area contributed by atoms with E-state index in [1.54, 1.807) is 34.0 Å². The molecule has 0 aliphatic heterocycles. The monoisotopic (exact) mass is 452 g/mol. The van der Waals surface area contributed by atoms with Crippen molar-refractivity contribution >= 4 is 77.9 Å². The summed E-state index contributed by atoms with van der Waals surface area (Å²) in [5, 5.41) is 6.19. The van der Waals surface area contributed by atoms with Crippen LogP contribution in [-0.4, -0.2) is 19.9 Å². The molecule has 0 bridgehead atoms. The fourth-order valence-corrected chi connectivity index (χ4v) is 6.93. The third-order valence-corrected chi connectivity index (χ3v) is 8.64. The molecule has 1 aromatic carbocycles. The summed E-state index contributed by atoms with van der Waals surface area (Å²) in [5.74, 6) is 0. The lowest BCUT2D eigenvalue weighted by atomic mass is 10.1. The van der Waals surface area contributed by atoms with E-state index in [9.17, 15) is 0 Å². The molecule has 0 amide bonds. The van der Waals surface area contributed by atoms with Crippen molar-refractivity contribution < 1.29 is 0 Å². The van der Waals surface area contributed by atoms with E-state index in [2.05, 4.69) is 57.1 Å². The van der Waals surface area contributed by atoms with Crippen LogP contribution in [-0.2, 0) is 0 Å². The van der Waals surface area contributed by atoms with Crippen LogP contribution in [0.15, 0.2) is 71.7 Å². The van der Waals surface area contributed by atoms with Crippen LogP contribution in [0, 0.1) is 0 Å². The molecule has 0 atom stereocenters. The highest BCUT2D eigenvalue weighted by atomic mass is 32.1. The Morgan fingerprint density at radius 3 is 1.48 bits per heavy atom. The average Bonchev–Trinajstić information content (AvgIpc) is 3.59. The van der Waals surface area contributed by atoms with E-state index in [0.29, 0.717) is 0 Å². The average molecular weight is 453 g/mol. The summed E-state index contributed by atoms with van der Waals surface area (Å²) >= 11 is 5.25. The maximum Gasteiger partial charge on any atom is 0.110 e. The molecule has 0 spiro atoms. The van der Waals surface area contributed by atoms with Gasteiger partial charge in [-0.3, -0.25) is 9.97 Å². The molecule has 7 aromatic rings. The topological polar surface area (TPSA) is 51.6 Å². The Bertz CT molecular complexity index is 1600. The van der Waals surface area contributed by atoms with Crippen LogP contribution >= 0.6 is 34.0 Å². The Kier molecular flexibility index (Phi) is 3.72. The summed E-state index contributed by atoms with van der Waals surface area (Å²) in [7, 11) is 0. The number of benzene rings is 1. The first-order valence-corrected chi connectivity index (χ1v) is 12.3. The molecule has 6 heterocycles. The Balaban J connectivity index is 1.72. The fraction of sp³-hybridized carbons (Fsp3) is 0. The number of fused-ring (bicyclic) bond motifs is 7. The lowest BCUT2D eigenvalue weighted by molar-refractivity contribution is 1.36. The molecule has 0 fully saturated rings. The molecule has 146 valence electrons. The molecule has 0 radical (unpaired) electrons. The summed E-state index contributed by atoms with van der Waals surface area (Å²) in [6.45, 7) is 0. The lowest BCUT2D eigenvalue weighted by Gasteiger charge is -2.08. The second-order valence-corrected chi connectivity index (χ2v) is 10.0. The van der Waals surface area contributed by atoms with E-state index in [0.717, 1.165) is 43.9 Å². The number of nitrogens with zero attached hydrogens (tertiary/aromatic N) is 4. The van der Waals surface area contributed by atoms with Gasteiger partial charge < -0.3 is 0 Å². The Labute approximate surface area is 188 Å². The minimum absolute atomic E-state index is 0.866. The molecule has 7 heteroatoms. The van der Waals surface area contributed by atoms with Crippen LogP contribution in [0.3, 0.4) is 0 Å². The van der Waals surface area contributed by atoms with Crippen molar-refractivity contribution in [2.75, 3.05) is 0 Å². The number of rotatable bonds is 2.